The number of rotatable bonds is 11. The number of hydrogen-bond acceptors (Lipinski definition) is 2. The minimum atomic E-state index is -0.672. The van der Waals surface area contributed by atoms with Gasteiger partial charge >= 0.3 is 0 Å². The maximum absolute atomic E-state index is 13.9. The van der Waals surface area contributed by atoms with Crippen molar-refractivity contribution in [2.24, 2.45) is 0 Å². The molecule has 4 heteroatoms. The Hall–Kier alpha value is -3.92. The third kappa shape index (κ3) is 7.43. The van der Waals surface area contributed by atoms with Crippen LogP contribution in [0.1, 0.15) is 92.4 Å². The van der Waals surface area contributed by atoms with Crippen molar-refractivity contribution in [1.82, 2.24) is 10.2 Å². The fourth-order valence-electron chi connectivity index (χ4n) is 5.60. The van der Waals surface area contributed by atoms with Gasteiger partial charge in [-0.25, -0.2) is 0 Å². The predicted octanol–water partition coefficient (Wildman–Crippen LogP) is 8.28. The summed E-state index contributed by atoms with van der Waals surface area (Å²) in [4.78, 5) is 29.3. The van der Waals surface area contributed by atoms with E-state index in [-0.39, 0.29) is 17.9 Å². The van der Waals surface area contributed by atoms with Gasteiger partial charge in [-0.05, 0) is 67.0 Å². The van der Waals surface area contributed by atoms with E-state index in [0.29, 0.717) is 31.5 Å². The lowest BCUT2D eigenvalue weighted by molar-refractivity contribution is -0.129. The molecule has 0 saturated carbocycles. The van der Waals surface area contributed by atoms with Crippen LogP contribution in [0.15, 0.2) is 103 Å². The molecule has 1 atom stereocenters. The van der Waals surface area contributed by atoms with Crippen LogP contribution < -0.4 is 5.32 Å². The Morgan fingerprint density at radius 3 is 2.02 bits per heavy atom. The van der Waals surface area contributed by atoms with Gasteiger partial charge < -0.3 is 10.2 Å². The molecule has 1 aliphatic rings. The number of nitrogens with one attached hydrogen (secondary N) is 1. The Labute approximate surface area is 246 Å². The number of likely N-dealkylation sites (tertiary alicyclic amines) is 1. The van der Waals surface area contributed by atoms with E-state index < -0.39 is 5.41 Å². The number of amides is 2. The molecular weight excluding hydrogens is 504 g/mol. The van der Waals surface area contributed by atoms with Crippen molar-refractivity contribution < 1.29 is 9.59 Å². The van der Waals surface area contributed by atoms with Crippen molar-refractivity contribution in [3.05, 3.63) is 125 Å². The molecular formula is C37H44N2O2. The Kier molecular flexibility index (Phi) is 10.7. The van der Waals surface area contributed by atoms with Crippen LogP contribution >= 0.6 is 0 Å². The van der Waals surface area contributed by atoms with Crippen LogP contribution in [0, 0.1) is 0 Å². The summed E-state index contributed by atoms with van der Waals surface area (Å²) >= 11 is 0. The van der Waals surface area contributed by atoms with E-state index in [1.165, 1.54) is 5.57 Å². The molecule has 3 aromatic rings. The largest absolute Gasteiger partial charge is 0.349 e. The van der Waals surface area contributed by atoms with Gasteiger partial charge in [0.2, 0.25) is 5.91 Å². The summed E-state index contributed by atoms with van der Waals surface area (Å²) in [5.74, 6) is 0.0518. The molecule has 0 aliphatic carbocycles. The SMILES string of the molecule is CCC/C=C\C(=C/CCC)c1ccc(C(=O)N2CCC(C(=O)N[C@@H](C)c3ccccc3)(c3ccccc3)CC2)cc1. The first kappa shape index (κ1) is 30.0. The highest BCUT2D eigenvalue weighted by Gasteiger charge is 2.44. The van der Waals surface area contributed by atoms with E-state index in [0.717, 1.165) is 42.4 Å². The van der Waals surface area contributed by atoms with Crippen LogP contribution in [-0.2, 0) is 10.2 Å². The third-order valence-electron chi connectivity index (χ3n) is 8.18. The molecule has 2 amide bonds. The van der Waals surface area contributed by atoms with Gasteiger partial charge in [0, 0.05) is 18.7 Å². The Morgan fingerprint density at radius 2 is 1.41 bits per heavy atom. The van der Waals surface area contributed by atoms with Crippen LogP contribution in [0.4, 0.5) is 0 Å². The second-order valence-electron chi connectivity index (χ2n) is 11.1. The highest BCUT2D eigenvalue weighted by molar-refractivity contribution is 5.95. The summed E-state index contributed by atoms with van der Waals surface area (Å²) in [7, 11) is 0. The first-order valence-corrected chi connectivity index (χ1v) is 15.2. The lowest BCUT2D eigenvalue weighted by atomic mass is 9.71. The summed E-state index contributed by atoms with van der Waals surface area (Å²) in [5.41, 5.74) is 4.45. The maximum Gasteiger partial charge on any atom is 0.253 e. The van der Waals surface area contributed by atoms with Gasteiger partial charge in [-0.2, -0.15) is 0 Å². The molecule has 214 valence electrons. The van der Waals surface area contributed by atoms with Crippen LogP contribution in [0.3, 0.4) is 0 Å². The van der Waals surface area contributed by atoms with E-state index in [1.54, 1.807) is 0 Å². The maximum atomic E-state index is 13.9. The molecule has 0 unspecified atom stereocenters. The summed E-state index contributed by atoms with van der Waals surface area (Å²) in [6.45, 7) is 7.46. The summed E-state index contributed by atoms with van der Waals surface area (Å²) in [5, 5.41) is 3.28. The number of nitrogens with zero attached hydrogens (tertiary/aromatic N) is 1. The molecule has 3 aromatic carbocycles. The number of carbonyl (C=O) groups excluding carboxylic acids is 2. The highest BCUT2D eigenvalue weighted by Crippen LogP contribution is 2.37. The minimum Gasteiger partial charge on any atom is -0.349 e. The number of carbonyl (C=O) groups is 2. The highest BCUT2D eigenvalue weighted by atomic mass is 16.2. The lowest BCUT2D eigenvalue weighted by Gasteiger charge is -2.41. The van der Waals surface area contributed by atoms with E-state index in [2.05, 4.69) is 49.5 Å². The van der Waals surface area contributed by atoms with Crippen LogP contribution in [0.25, 0.3) is 5.57 Å². The number of unbranched alkanes of at least 4 members (excludes halogenated alkanes) is 2. The van der Waals surface area contributed by atoms with E-state index in [9.17, 15) is 9.59 Å². The molecule has 1 aliphatic heterocycles. The quantitative estimate of drug-likeness (QED) is 0.245. The molecule has 0 radical (unpaired) electrons. The average molecular weight is 549 g/mol. The third-order valence-corrected chi connectivity index (χ3v) is 8.18. The zero-order valence-electron chi connectivity index (χ0n) is 24.8. The molecule has 1 heterocycles. The number of hydrogen-bond donors (Lipinski definition) is 1. The molecule has 0 spiro atoms. The van der Waals surface area contributed by atoms with Gasteiger partial charge in [-0.1, -0.05) is 118 Å². The molecule has 1 N–H and O–H groups in total. The lowest BCUT2D eigenvalue weighted by Crippen LogP contribution is -2.53. The normalized spacial score (nSPS) is 16.0. The van der Waals surface area contributed by atoms with Gasteiger partial charge in [0.1, 0.15) is 0 Å². The van der Waals surface area contributed by atoms with Gasteiger partial charge in [0.25, 0.3) is 5.91 Å². The molecule has 4 nitrogen and oxygen atoms in total. The van der Waals surface area contributed by atoms with Crippen molar-refractivity contribution >= 4 is 17.4 Å². The smallest absolute Gasteiger partial charge is 0.253 e. The average Bonchev–Trinajstić information content (AvgIpc) is 3.03. The van der Waals surface area contributed by atoms with Crippen molar-refractivity contribution in [1.29, 1.82) is 0 Å². The van der Waals surface area contributed by atoms with Gasteiger partial charge in [0.15, 0.2) is 0 Å². The van der Waals surface area contributed by atoms with E-state index >= 15 is 0 Å². The predicted molar refractivity (Wildman–Crippen MR) is 170 cm³/mol. The molecule has 1 saturated heterocycles. The van der Waals surface area contributed by atoms with Crippen LogP contribution in [0.5, 0.6) is 0 Å². The van der Waals surface area contributed by atoms with Gasteiger partial charge in [0.05, 0.1) is 11.5 Å². The monoisotopic (exact) mass is 548 g/mol. The van der Waals surface area contributed by atoms with E-state index in [4.69, 9.17) is 0 Å². The number of piperidine rings is 1. The van der Waals surface area contributed by atoms with Crippen molar-refractivity contribution in [3.63, 3.8) is 0 Å². The topological polar surface area (TPSA) is 49.4 Å². The number of benzene rings is 3. The van der Waals surface area contributed by atoms with Crippen LogP contribution in [0.2, 0.25) is 0 Å². The summed E-state index contributed by atoms with van der Waals surface area (Å²) in [6.07, 6.45) is 12.2. The Morgan fingerprint density at radius 1 is 0.829 bits per heavy atom. The standard InChI is InChI=1S/C37H44N2O2/c1-4-6-10-18-31(15-7-5-2)32-21-23-33(24-22-32)35(40)39-27-25-37(26-28-39,34-19-13-9-14-20-34)36(41)38-29(3)30-16-11-8-12-17-30/h8-24,29H,4-7,25-28H2,1-3H3,(H,38,41)/b18-10-,31-15+/t29-/m0/s1. The van der Waals surface area contributed by atoms with Gasteiger partial charge in [-0.3, -0.25) is 9.59 Å². The molecule has 4 rings (SSSR count). The fourth-order valence-corrected chi connectivity index (χ4v) is 5.60. The fraction of sp³-hybridized carbons (Fsp3) is 0.351. The second kappa shape index (κ2) is 14.6. The Bertz CT molecular complexity index is 1320. The summed E-state index contributed by atoms with van der Waals surface area (Å²) in [6, 6.07) is 28.0. The van der Waals surface area contributed by atoms with Crippen LogP contribution in [-0.4, -0.2) is 29.8 Å². The molecule has 1 fully saturated rings. The zero-order chi connectivity index (χ0) is 29.1. The van der Waals surface area contributed by atoms with Crippen molar-refractivity contribution in [2.75, 3.05) is 13.1 Å². The first-order valence-electron chi connectivity index (χ1n) is 15.2. The van der Waals surface area contributed by atoms with Crippen molar-refractivity contribution in [2.45, 2.75) is 70.8 Å². The second-order valence-corrected chi connectivity index (χ2v) is 11.1. The number of allylic oxidation sites excluding steroid dienone is 4. The first-order chi connectivity index (χ1) is 20.0. The van der Waals surface area contributed by atoms with Gasteiger partial charge in [-0.15, -0.1) is 0 Å². The molecule has 0 aromatic heterocycles. The molecule has 41 heavy (non-hydrogen) atoms. The Balaban J connectivity index is 1.48. The molecule has 0 bridgehead atoms. The summed E-state index contributed by atoms with van der Waals surface area (Å²) < 4.78 is 0. The van der Waals surface area contributed by atoms with E-state index in [1.807, 2.05) is 84.6 Å². The minimum absolute atomic E-state index is 0.0249. The zero-order valence-corrected chi connectivity index (χ0v) is 24.8. The van der Waals surface area contributed by atoms with Crippen molar-refractivity contribution in [3.8, 4) is 0 Å².